The second-order valence-corrected chi connectivity index (χ2v) is 1.22. The molecule has 0 heterocycles. The molecule has 0 aromatic rings. The summed E-state index contributed by atoms with van der Waals surface area (Å²) < 4.78 is 34.1. The first-order chi connectivity index (χ1) is 2.00. The minimum atomic E-state index is -5.17. The van der Waals surface area contributed by atoms with Crippen LogP contribution in [0.3, 0.4) is 0 Å². The van der Waals surface area contributed by atoms with E-state index in [9.17, 15) is 0 Å². The Kier molecular flexibility index (Phi) is 538. The van der Waals surface area contributed by atoms with Gasteiger partial charge in [0.05, 0.1) is 0 Å². The topological polar surface area (TPSA) is 332 Å². The van der Waals surface area contributed by atoms with Crippen molar-refractivity contribution in [2.75, 3.05) is 0 Å². The summed E-state index contributed by atoms with van der Waals surface area (Å²) in [6.07, 6.45) is 0. The molecule has 0 amide bonds. The van der Waals surface area contributed by atoms with E-state index in [4.69, 9.17) is 17.5 Å². The van der Waals surface area contributed by atoms with Crippen LogP contribution < -0.4 is 0 Å². The molecule has 0 fully saturated rings. The Hall–Kier alpha value is 0.0565. The molecular weight excluding hydrogens is 283 g/mol. The standard InChI is InChI=1S/Co.H2O4S.8H2O/c;1-5(2,3)4;;;;;;;;/h;(H2,1,2,3,4);8*1H2/q+2;;;;;;;;;/p-2. The maximum atomic E-state index is 8.52. The Morgan fingerprint density at radius 2 is 0.571 bits per heavy atom. The van der Waals surface area contributed by atoms with E-state index in [0.717, 1.165) is 0 Å². The summed E-state index contributed by atoms with van der Waals surface area (Å²) in [4.78, 5) is 0. The summed E-state index contributed by atoms with van der Waals surface area (Å²) in [5.74, 6) is 0. The first-order valence-corrected chi connectivity index (χ1v) is 2.00. The Morgan fingerprint density at radius 1 is 0.571 bits per heavy atom. The molecule has 0 atom stereocenters. The molecular formula is H16CoO12S. The van der Waals surface area contributed by atoms with Gasteiger partial charge in [-0.15, -0.1) is 0 Å². The number of hydrogen-bond donors (Lipinski definition) is 0. The largest absolute Gasteiger partial charge is 2.00 e. The Labute approximate surface area is 89.2 Å². The monoisotopic (exact) mass is 299 g/mol. The fraction of sp³-hybridized carbons (Fsp3) is 0. The molecule has 0 aromatic heterocycles. The molecule has 0 aliphatic carbocycles. The van der Waals surface area contributed by atoms with Crippen molar-refractivity contribution in [3.05, 3.63) is 0 Å². The van der Waals surface area contributed by atoms with E-state index in [2.05, 4.69) is 0 Å². The third-order valence-electron chi connectivity index (χ3n) is 0. The van der Waals surface area contributed by atoms with Gasteiger partial charge in [-0.3, -0.25) is 8.42 Å². The molecule has 0 aromatic carbocycles. The third kappa shape index (κ3) is 462000. The molecule has 0 saturated carbocycles. The molecule has 0 bridgehead atoms. The average molecular weight is 299 g/mol. The van der Waals surface area contributed by atoms with Crippen LogP contribution in [-0.4, -0.2) is 61.3 Å². The quantitative estimate of drug-likeness (QED) is 0.310. The first-order valence-electron chi connectivity index (χ1n) is 0.667. The van der Waals surface area contributed by atoms with Gasteiger partial charge in [0, 0.05) is 10.4 Å². The van der Waals surface area contributed by atoms with Crippen LogP contribution in [0.25, 0.3) is 0 Å². The fourth-order valence-corrected chi connectivity index (χ4v) is 0. The number of rotatable bonds is 0. The van der Waals surface area contributed by atoms with E-state index in [0.29, 0.717) is 0 Å². The van der Waals surface area contributed by atoms with Gasteiger partial charge in [0.15, 0.2) is 0 Å². The maximum absolute atomic E-state index is 8.52. The van der Waals surface area contributed by atoms with Crippen LogP contribution in [0.15, 0.2) is 0 Å². The molecule has 14 heavy (non-hydrogen) atoms. The summed E-state index contributed by atoms with van der Waals surface area (Å²) >= 11 is 0. The summed E-state index contributed by atoms with van der Waals surface area (Å²) in [6.45, 7) is 0. The molecule has 0 spiro atoms. The van der Waals surface area contributed by atoms with Crippen LogP contribution in [0, 0.1) is 0 Å². The van der Waals surface area contributed by atoms with Crippen molar-refractivity contribution in [2.24, 2.45) is 0 Å². The second kappa shape index (κ2) is 51.7. The minimum absolute atomic E-state index is 0. The van der Waals surface area contributed by atoms with Gasteiger partial charge in [-0.1, -0.05) is 0 Å². The van der Waals surface area contributed by atoms with Crippen molar-refractivity contribution in [1.82, 2.24) is 0 Å². The molecule has 12 nitrogen and oxygen atoms in total. The van der Waals surface area contributed by atoms with Gasteiger partial charge in [0.25, 0.3) is 0 Å². The molecule has 16 N–H and O–H groups in total. The molecule has 0 rings (SSSR count). The van der Waals surface area contributed by atoms with Gasteiger partial charge in [0.2, 0.25) is 0 Å². The van der Waals surface area contributed by atoms with Gasteiger partial charge in [0.1, 0.15) is 0 Å². The third-order valence-corrected chi connectivity index (χ3v) is 0. The van der Waals surface area contributed by atoms with E-state index >= 15 is 0 Å². The summed E-state index contributed by atoms with van der Waals surface area (Å²) in [7, 11) is -5.17. The summed E-state index contributed by atoms with van der Waals surface area (Å²) in [5.41, 5.74) is 0. The zero-order valence-electron chi connectivity index (χ0n) is 6.37. The van der Waals surface area contributed by atoms with E-state index in [1.165, 1.54) is 0 Å². The average Bonchev–Trinajstić information content (AvgIpc) is 0.722. The zero-order valence-corrected chi connectivity index (χ0v) is 8.23. The normalized spacial score (nSPS) is 4.14. The predicted molar refractivity (Wildman–Crippen MR) is 39.4 cm³/mol. The fourth-order valence-electron chi connectivity index (χ4n) is 0. The Bertz CT molecular complexity index is 93.5. The molecule has 0 aliphatic heterocycles. The van der Waals surface area contributed by atoms with Crippen molar-refractivity contribution in [3.63, 3.8) is 0 Å². The molecule has 14 heteroatoms. The van der Waals surface area contributed by atoms with Crippen molar-refractivity contribution >= 4 is 10.4 Å². The minimum Gasteiger partial charge on any atom is -0.759 e. The van der Waals surface area contributed by atoms with Crippen molar-refractivity contribution in [2.45, 2.75) is 0 Å². The van der Waals surface area contributed by atoms with Crippen molar-refractivity contribution < 1.29 is 78.1 Å². The van der Waals surface area contributed by atoms with Gasteiger partial charge >= 0.3 is 16.8 Å². The molecule has 103 valence electrons. The van der Waals surface area contributed by atoms with E-state index in [1.807, 2.05) is 0 Å². The summed E-state index contributed by atoms with van der Waals surface area (Å²) in [6, 6.07) is 0. The van der Waals surface area contributed by atoms with E-state index < -0.39 is 10.4 Å². The Morgan fingerprint density at radius 3 is 0.571 bits per heavy atom. The number of hydrogen-bond acceptors (Lipinski definition) is 4. The van der Waals surface area contributed by atoms with Gasteiger partial charge in [-0.2, -0.15) is 0 Å². The zero-order chi connectivity index (χ0) is 4.50. The van der Waals surface area contributed by atoms with Gasteiger partial charge in [-0.25, -0.2) is 0 Å². The van der Waals surface area contributed by atoms with Gasteiger partial charge in [-0.05, 0) is 0 Å². The Balaban J connectivity index is -0.00000000222. The maximum Gasteiger partial charge on any atom is 2.00 e. The smallest absolute Gasteiger partial charge is 0.759 e. The van der Waals surface area contributed by atoms with E-state index in [1.54, 1.807) is 0 Å². The summed E-state index contributed by atoms with van der Waals surface area (Å²) in [5, 5.41) is 0. The van der Waals surface area contributed by atoms with Crippen LogP contribution in [-0.2, 0) is 27.2 Å². The van der Waals surface area contributed by atoms with Crippen molar-refractivity contribution in [1.29, 1.82) is 0 Å². The van der Waals surface area contributed by atoms with Crippen LogP contribution >= 0.6 is 0 Å². The van der Waals surface area contributed by atoms with Crippen LogP contribution in [0.1, 0.15) is 0 Å². The van der Waals surface area contributed by atoms with E-state index in [-0.39, 0.29) is 60.6 Å². The molecule has 0 aliphatic rings. The van der Waals surface area contributed by atoms with Gasteiger partial charge < -0.3 is 52.9 Å². The first kappa shape index (κ1) is 146. The second-order valence-electron chi connectivity index (χ2n) is 0.408. The van der Waals surface area contributed by atoms with Crippen molar-refractivity contribution in [3.8, 4) is 0 Å². The molecule has 1 radical (unpaired) electrons. The van der Waals surface area contributed by atoms with Crippen LogP contribution in [0.5, 0.6) is 0 Å². The predicted octanol–water partition coefficient (Wildman–Crippen LogP) is -7.94. The van der Waals surface area contributed by atoms with Crippen LogP contribution in [0.4, 0.5) is 0 Å². The molecule has 0 saturated heterocycles. The SMILES string of the molecule is O.O.O.O.O.O.O.O.O=S(=O)([O-])[O-].[Co+2]. The molecule has 0 unspecified atom stereocenters. The van der Waals surface area contributed by atoms with Crippen LogP contribution in [0.2, 0.25) is 0 Å².